The highest BCUT2D eigenvalue weighted by atomic mass is 16.2. The van der Waals surface area contributed by atoms with Crippen LogP contribution in [0.3, 0.4) is 0 Å². The first-order chi connectivity index (χ1) is 15.9. The lowest BCUT2D eigenvalue weighted by molar-refractivity contribution is -0.124. The molecular weight excluding hydrogens is 412 g/mol. The van der Waals surface area contributed by atoms with Crippen molar-refractivity contribution in [3.63, 3.8) is 0 Å². The average Bonchev–Trinajstić information content (AvgIpc) is 3.36. The van der Waals surface area contributed by atoms with Crippen LogP contribution in [0, 0.1) is 12.8 Å². The molecule has 1 aliphatic heterocycles. The molecule has 7 nitrogen and oxygen atoms in total. The summed E-state index contributed by atoms with van der Waals surface area (Å²) in [6.07, 6.45) is 8.52. The zero-order chi connectivity index (χ0) is 23.4. The van der Waals surface area contributed by atoms with Crippen LogP contribution in [0.2, 0.25) is 0 Å². The van der Waals surface area contributed by atoms with Gasteiger partial charge in [-0.1, -0.05) is 12.8 Å². The Balaban J connectivity index is 1.61. The number of hydrogen-bond donors (Lipinski definition) is 2. The van der Waals surface area contributed by atoms with Crippen LogP contribution in [0.25, 0.3) is 5.57 Å². The second-order valence-electron chi connectivity index (χ2n) is 9.37. The van der Waals surface area contributed by atoms with Crippen LogP contribution < -0.4 is 15.5 Å². The highest BCUT2D eigenvalue weighted by molar-refractivity contribution is 6.01. The van der Waals surface area contributed by atoms with Crippen LogP contribution in [-0.2, 0) is 4.79 Å². The van der Waals surface area contributed by atoms with Gasteiger partial charge in [0.05, 0.1) is 11.9 Å². The molecule has 1 saturated carbocycles. The summed E-state index contributed by atoms with van der Waals surface area (Å²) in [5.41, 5.74) is 5.37. The van der Waals surface area contributed by atoms with Gasteiger partial charge in [-0.3, -0.25) is 4.79 Å². The molecular formula is C26H36N6O. The number of pyridine rings is 2. The minimum atomic E-state index is 0.0767. The van der Waals surface area contributed by atoms with Crippen molar-refractivity contribution in [2.45, 2.75) is 39.5 Å². The molecule has 2 aromatic heterocycles. The maximum absolute atomic E-state index is 12.9. The summed E-state index contributed by atoms with van der Waals surface area (Å²) in [6, 6.07) is 6.20. The first kappa shape index (κ1) is 23.2. The average molecular weight is 449 g/mol. The molecule has 3 heterocycles. The minimum absolute atomic E-state index is 0.0767. The van der Waals surface area contributed by atoms with Crippen molar-refractivity contribution in [3.05, 3.63) is 47.3 Å². The van der Waals surface area contributed by atoms with E-state index in [0.717, 1.165) is 73.0 Å². The fraction of sp³-hybridized carbons (Fsp3) is 0.500. The van der Waals surface area contributed by atoms with Gasteiger partial charge >= 0.3 is 0 Å². The standard InChI is InChI=1S/C26H36N6O/c1-18-16-28-24(30-23-10-9-21(17-29-23)32-13-11-27-12-14-32)15-22(18)25(20-7-5-6-8-20)19(2)26(33)31(3)4/h9-10,15-17,20,27H,5-8,11-14H2,1-4H3,(H,28,29,30)/b25-19+. The van der Waals surface area contributed by atoms with Crippen LogP contribution in [0.15, 0.2) is 36.2 Å². The lowest BCUT2D eigenvalue weighted by Crippen LogP contribution is -2.43. The number of amides is 1. The van der Waals surface area contributed by atoms with Crippen LogP contribution in [0.5, 0.6) is 0 Å². The number of rotatable bonds is 6. The molecule has 0 bridgehead atoms. The Hall–Kier alpha value is -2.93. The molecule has 1 aliphatic carbocycles. The van der Waals surface area contributed by atoms with Gasteiger partial charge < -0.3 is 20.4 Å². The molecule has 2 aromatic rings. The van der Waals surface area contributed by atoms with Gasteiger partial charge in [0.2, 0.25) is 5.91 Å². The van der Waals surface area contributed by atoms with Crippen molar-refractivity contribution in [1.29, 1.82) is 0 Å². The first-order valence-corrected chi connectivity index (χ1v) is 12.0. The fourth-order valence-electron chi connectivity index (χ4n) is 4.98. The number of hydrogen-bond acceptors (Lipinski definition) is 6. The van der Waals surface area contributed by atoms with E-state index >= 15 is 0 Å². The molecule has 0 atom stereocenters. The number of nitrogens with zero attached hydrogens (tertiary/aromatic N) is 4. The summed E-state index contributed by atoms with van der Waals surface area (Å²) < 4.78 is 0. The number of likely N-dealkylation sites (N-methyl/N-ethyl adjacent to an activating group) is 1. The molecule has 2 fully saturated rings. The molecule has 1 amide bonds. The van der Waals surface area contributed by atoms with E-state index in [-0.39, 0.29) is 5.91 Å². The van der Waals surface area contributed by atoms with Gasteiger partial charge in [-0.15, -0.1) is 0 Å². The van der Waals surface area contributed by atoms with Crippen LogP contribution in [-0.4, -0.2) is 61.0 Å². The quantitative estimate of drug-likeness (QED) is 0.651. The fourth-order valence-corrected chi connectivity index (χ4v) is 4.98. The van der Waals surface area contributed by atoms with Gasteiger partial charge in [-0.05, 0) is 67.5 Å². The molecule has 0 radical (unpaired) electrons. The highest BCUT2D eigenvalue weighted by Crippen LogP contribution is 2.40. The SMILES string of the molecule is C/C(C(=O)N(C)C)=C(\c1cc(Nc2ccc(N3CCNCC3)cn2)ncc1C)C1CCCC1. The smallest absolute Gasteiger partial charge is 0.249 e. The molecule has 2 N–H and O–H groups in total. The topological polar surface area (TPSA) is 73.4 Å². The normalized spacial score (nSPS) is 17.6. The van der Waals surface area contributed by atoms with E-state index in [9.17, 15) is 4.79 Å². The van der Waals surface area contributed by atoms with Crippen LogP contribution in [0.1, 0.15) is 43.7 Å². The van der Waals surface area contributed by atoms with Crippen molar-refractivity contribution in [2.24, 2.45) is 5.92 Å². The molecule has 7 heteroatoms. The van der Waals surface area contributed by atoms with Gasteiger partial charge in [0, 0.05) is 52.0 Å². The van der Waals surface area contributed by atoms with Gasteiger partial charge in [-0.2, -0.15) is 0 Å². The Morgan fingerprint density at radius 3 is 2.42 bits per heavy atom. The third-order valence-corrected chi connectivity index (χ3v) is 6.77. The largest absolute Gasteiger partial charge is 0.368 e. The van der Waals surface area contributed by atoms with E-state index in [1.807, 2.05) is 39.5 Å². The first-order valence-electron chi connectivity index (χ1n) is 12.0. The number of piperazine rings is 1. The lowest BCUT2D eigenvalue weighted by Gasteiger charge is -2.29. The second kappa shape index (κ2) is 10.3. The van der Waals surface area contributed by atoms with E-state index in [4.69, 9.17) is 0 Å². The molecule has 1 saturated heterocycles. The number of allylic oxidation sites excluding steroid dienone is 1. The van der Waals surface area contributed by atoms with Crippen LogP contribution in [0.4, 0.5) is 17.3 Å². The molecule has 0 spiro atoms. The third-order valence-electron chi connectivity index (χ3n) is 6.77. The van der Waals surface area contributed by atoms with E-state index in [1.54, 1.807) is 4.90 Å². The molecule has 176 valence electrons. The molecule has 0 aromatic carbocycles. The van der Waals surface area contributed by atoms with Crippen molar-refractivity contribution >= 4 is 28.8 Å². The van der Waals surface area contributed by atoms with Gasteiger partial charge in [-0.25, -0.2) is 9.97 Å². The number of aryl methyl sites for hydroxylation is 1. The molecule has 2 aliphatic rings. The molecule has 4 rings (SSSR count). The molecule has 33 heavy (non-hydrogen) atoms. The molecule has 0 unspecified atom stereocenters. The summed E-state index contributed by atoms with van der Waals surface area (Å²) in [5.74, 6) is 2.01. The Morgan fingerprint density at radius 1 is 1.09 bits per heavy atom. The van der Waals surface area contributed by atoms with Gasteiger partial charge in [0.25, 0.3) is 0 Å². The Bertz CT molecular complexity index is 1000. The summed E-state index contributed by atoms with van der Waals surface area (Å²) in [5, 5.41) is 6.75. The van der Waals surface area contributed by atoms with Gasteiger partial charge in [0.15, 0.2) is 0 Å². The maximum Gasteiger partial charge on any atom is 0.249 e. The van der Waals surface area contributed by atoms with Gasteiger partial charge in [0.1, 0.15) is 11.6 Å². The minimum Gasteiger partial charge on any atom is -0.368 e. The second-order valence-corrected chi connectivity index (χ2v) is 9.37. The Kier molecular flexibility index (Phi) is 7.28. The summed E-state index contributed by atoms with van der Waals surface area (Å²) in [6.45, 7) is 8.05. The van der Waals surface area contributed by atoms with Crippen molar-refractivity contribution < 1.29 is 4.79 Å². The van der Waals surface area contributed by atoms with E-state index in [2.05, 4.69) is 44.6 Å². The van der Waals surface area contributed by atoms with E-state index < -0.39 is 0 Å². The van der Waals surface area contributed by atoms with Crippen molar-refractivity contribution in [3.8, 4) is 0 Å². The van der Waals surface area contributed by atoms with E-state index in [1.165, 1.54) is 18.4 Å². The number of anilines is 3. The number of carbonyl (C=O) groups excluding carboxylic acids is 1. The maximum atomic E-state index is 12.9. The number of carbonyl (C=O) groups is 1. The Labute approximate surface area is 197 Å². The summed E-state index contributed by atoms with van der Waals surface area (Å²) in [4.78, 5) is 26.1. The number of aromatic nitrogens is 2. The van der Waals surface area contributed by atoms with Crippen molar-refractivity contribution in [1.82, 2.24) is 20.2 Å². The predicted molar refractivity (Wildman–Crippen MR) is 135 cm³/mol. The lowest BCUT2D eigenvalue weighted by atomic mass is 9.85. The van der Waals surface area contributed by atoms with Crippen LogP contribution >= 0.6 is 0 Å². The number of nitrogens with one attached hydrogen (secondary N) is 2. The van der Waals surface area contributed by atoms with Crippen molar-refractivity contribution in [2.75, 3.05) is 50.5 Å². The Morgan fingerprint density at radius 2 is 1.79 bits per heavy atom. The van der Waals surface area contributed by atoms with E-state index in [0.29, 0.717) is 5.92 Å². The highest BCUT2D eigenvalue weighted by Gasteiger charge is 2.26. The zero-order valence-corrected chi connectivity index (χ0v) is 20.3. The predicted octanol–water partition coefficient (Wildman–Crippen LogP) is 3.99. The zero-order valence-electron chi connectivity index (χ0n) is 20.3. The monoisotopic (exact) mass is 448 g/mol. The summed E-state index contributed by atoms with van der Waals surface area (Å²) >= 11 is 0. The third kappa shape index (κ3) is 5.36. The summed E-state index contributed by atoms with van der Waals surface area (Å²) in [7, 11) is 3.64.